The molecule has 0 aromatic carbocycles. The molecule has 0 aromatic heterocycles. The quantitative estimate of drug-likeness (QED) is 0.708. The fourth-order valence-electron chi connectivity index (χ4n) is 3.14. The van der Waals surface area contributed by atoms with Crippen LogP contribution in [0.15, 0.2) is 0 Å². The van der Waals surface area contributed by atoms with Crippen molar-refractivity contribution in [3.05, 3.63) is 0 Å². The van der Waals surface area contributed by atoms with Crippen LogP contribution in [-0.4, -0.2) is 34.6 Å². The van der Waals surface area contributed by atoms with Gasteiger partial charge in [0, 0.05) is 18.5 Å². The molecule has 1 N–H and O–H groups in total. The number of nitrogens with zero attached hydrogens (tertiary/aromatic N) is 2. The van der Waals surface area contributed by atoms with Gasteiger partial charge >= 0.3 is 5.97 Å². The number of fused-ring (bicyclic) bond motifs is 2. The Morgan fingerprint density at radius 2 is 2.00 bits per heavy atom. The van der Waals surface area contributed by atoms with Crippen LogP contribution in [0.2, 0.25) is 0 Å². The normalized spacial score (nSPS) is 35.0. The molecule has 4 nitrogen and oxygen atoms in total. The molecule has 0 saturated carbocycles. The Morgan fingerprint density at radius 1 is 1.40 bits per heavy atom. The van der Waals surface area contributed by atoms with Crippen molar-refractivity contribution in [2.24, 2.45) is 5.92 Å². The van der Waals surface area contributed by atoms with Gasteiger partial charge in [-0.1, -0.05) is 0 Å². The second-order valence-electron chi connectivity index (χ2n) is 4.65. The van der Waals surface area contributed by atoms with Crippen molar-refractivity contribution in [1.82, 2.24) is 4.90 Å². The Kier molecular flexibility index (Phi) is 2.92. The summed E-state index contributed by atoms with van der Waals surface area (Å²) in [6, 6.07) is 3.13. The van der Waals surface area contributed by atoms with E-state index in [0.717, 1.165) is 25.7 Å². The largest absolute Gasteiger partial charge is 0.481 e. The molecule has 0 aliphatic carbocycles. The van der Waals surface area contributed by atoms with Crippen molar-refractivity contribution >= 4 is 5.97 Å². The number of carboxylic acid groups (broad SMARTS) is 1. The number of carbonyl (C=O) groups is 1. The van der Waals surface area contributed by atoms with Crippen molar-refractivity contribution in [1.29, 1.82) is 5.26 Å². The van der Waals surface area contributed by atoms with Crippen molar-refractivity contribution in [3.63, 3.8) is 0 Å². The molecule has 2 aliphatic heterocycles. The topological polar surface area (TPSA) is 64.3 Å². The van der Waals surface area contributed by atoms with E-state index in [9.17, 15) is 4.79 Å². The fourth-order valence-corrected chi connectivity index (χ4v) is 3.14. The van der Waals surface area contributed by atoms with Gasteiger partial charge < -0.3 is 5.11 Å². The molecule has 0 amide bonds. The van der Waals surface area contributed by atoms with Gasteiger partial charge in [-0.3, -0.25) is 9.69 Å². The number of nitriles is 1. The molecule has 4 heteroatoms. The SMILES string of the molecule is N#CCN1C2CCC1CC(CC(=O)O)C2. The Balaban J connectivity index is 1.96. The smallest absolute Gasteiger partial charge is 0.303 e. The molecule has 2 fully saturated rings. The van der Waals surface area contributed by atoms with Crippen LogP contribution >= 0.6 is 0 Å². The highest BCUT2D eigenvalue weighted by atomic mass is 16.4. The summed E-state index contributed by atoms with van der Waals surface area (Å²) in [5.41, 5.74) is 0. The first kappa shape index (κ1) is 10.4. The lowest BCUT2D eigenvalue weighted by atomic mass is 9.88. The molecular weight excluding hydrogens is 192 g/mol. The lowest BCUT2D eigenvalue weighted by Gasteiger charge is -2.36. The zero-order valence-electron chi connectivity index (χ0n) is 8.72. The summed E-state index contributed by atoms with van der Waals surface area (Å²) in [5.74, 6) is -0.358. The molecule has 2 rings (SSSR count). The van der Waals surface area contributed by atoms with Crippen molar-refractivity contribution in [3.8, 4) is 6.07 Å². The minimum Gasteiger partial charge on any atom is -0.481 e. The number of aliphatic carboxylic acids is 1. The molecule has 2 bridgehead atoms. The van der Waals surface area contributed by atoms with Crippen LogP contribution in [0.1, 0.15) is 32.1 Å². The average molecular weight is 208 g/mol. The molecule has 2 saturated heterocycles. The predicted molar refractivity (Wildman–Crippen MR) is 54.1 cm³/mol. The third kappa shape index (κ3) is 2.13. The average Bonchev–Trinajstić information content (AvgIpc) is 2.43. The van der Waals surface area contributed by atoms with Crippen LogP contribution < -0.4 is 0 Å². The first-order valence-electron chi connectivity index (χ1n) is 5.55. The van der Waals surface area contributed by atoms with E-state index in [1.807, 2.05) is 0 Å². The van der Waals surface area contributed by atoms with Gasteiger partial charge in [0.1, 0.15) is 0 Å². The summed E-state index contributed by atoms with van der Waals surface area (Å²) in [7, 11) is 0. The number of hydrogen-bond donors (Lipinski definition) is 1. The van der Waals surface area contributed by atoms with E-state index >= 15 is 0 Å². The van der Waals surface area contributed by atoms with Gasteiger partial charge in [-0.15, -0.1) is 0 Å². The first-order valence-corrected chi connectivity index (χ1v) is 5.55. The Morgan fingerprint density at radius 3 is 2.47 bits per heavy atom. The van der Waals surface area contributed by atoms with Gasteiger partial charge in [0.15, 0.2) is 0 Å². The highest BCUT2D eigenvalue weighted by molar-refractivity contribution is 5.67. The molecule has 2 unspecified atom stereocenters. The second kappa shape index (κ2) is 4.19. The standard InChI is InChI=1S/C11H16N2O2/c12-3-4-13-9-1-2-10(13)6-8(5-9)7-11(14)15/h8-10H,1-2,4-7H2,(H,14,15). The van der Waals surface area contributed by atoms with E-state index in [1.165, 1.54) is 0 Å². The highest BCUT2D eigenvalue weighted by Gasteiger charge is 2.40. The van der Waals surface area contributed by atoms with Crippen LogP contribution in [0, 0.1) is 17.2 Å². The third-order valence-electron chi connectivity index (χ3n) is 3.70. The Bertz CT molecular complexity index is 283. The Hall–Kier alpha value is -1.08. The predicted octanol–water partition coefficient (Wildman–Crippen LogP) is 1.23. The second-order valence-corrected chi connectivity index (χ2v) is 4.65. The lowest BCUT2D eigenvalue weighted by molar-refractivity contribution is -0.138. The first-order chi connectivity index (χ1) is 7.20. The minimum atomic E-state index is -0.687. The summed E-state index contributed by atoms with van der Waals surface area (Å²) in [6.45, 7) is 0.509. The lowest BCUT2D eigenvalue weighted by Crippen LogP contribution is -2.43. The van der Waals surface area contributed by atoms with Crippen LogP contribution in [-0.2, 0) is 4.79 Å². The number of carboxylic acids is 1. The maximum Gasteiger partial charge on any atom is 0.303 e. The van der Waals surface area contributed by atoms with Crippen LogP contribution in [0.25, 0.3) is 0 Å². The van der Waals surface area contributed by atoms with Gasteiger partial charge in [0.25, 0.3) is 0 Å². The van der Waals surface area contributed by atoms with Crippen LogP contribution in [0.3, 0.4) is 0 Å². The van der Waals surface area contributed by atoms with Gasteiger partial charge in [0.05, 0.1) is 12.6 Å². The minimum absolute atomic E-state index is 0.299. The Labute approximate surface area is 89.5 Å². The summed E-state index contributed by atoms with van der Waals surface area (Å²) in [4.78, 5) is 12.9. The molecule has 0 radical (unpaired) electrons. The molecule has 2 atom stereocenters. The number of rotatable bonds is 3. The van der Waals surface area contributed by atoms with Crippen molar-refractivity contribution in [2.45, 2.75) is 44.2 Å². The summed E-state index contributed by atoms with van der Waals surface area (Å²) < 4.78 is 0. The van der Waals surface area contributed by atoms with Gasteiger partial charge in [-0.25, -0.2) is 0 Å². The number of hydrogen-bond acceptors (Lipinski definition) is 3. The molecule has 0 spiro atoms. The van der Waals surface area contributed by atoms with E-state index in [-0.39, 0.29) is 0 Å². The van der Waals surface area contributed by atoms with Crippen molar-refractivity contribution in [2.75, 3.05) is 6.54 Å². The van der Waals surface area contributed by atoms with Crippen LogP contribution in [0.4, 0.5) is 0 Å². The maximum absolute atomic E-state index is 10.6. The van der Waals surface area contributed by atoms with E-state index in [4.69, 9.17) is 10.4 Å². The van der Waals surface area contributed by atoms with Gasteiger partial charge in [-0.2, -0.15) is 5.26 Å². The molecule has 2 aliphatic rings. The third-order valence-corrected chi connectivity index (χ3v) is 3.70. The van der Waals surface area contributed by atoms with E-state index in [2.05, 4.69) is 11.0 Å². The molecule has 82 valence electrons. The van der Waals surface area contributed by atoms with Gasteiger partial charge in [-0.05, 0) is 31.6 Å². The molecular formula is C11H16N2O2. The van der Waals surface area contributed by atoms with E-state index in [0.29, 0.717) is 31.0 Å². The van der Waals surface area contributed by atoms with Gasteiger partial charge in [0.2, 0.25) is 0 Å². The highest BCUT2D eigenvalue weighted by Crippen LogP contribution is 2.39. The van der Waals surface area contributed by atoms with Crippen molar-refractivity contribution < 1.29 is 9.90 Å². The zero-order chi connectivity index (χ0) is 10.8. The monoisotopic (exact) mass is 208 g/mol. The fraction of sp³-hybridized carbons (Fsp3) is 0.818. The number of piperidine rings is 1. The molecule has 2 heterocycles. The molecule has 0 aromatic rings. The summed E-state index contributed by atoms with van der Waals surface area (Å²) in [5, 5.41) is 17.5. The summed E-state index contributed by atoms with van der Waals surface area (Å²) in [6.07, 6.45) is 4.51. The zero-order valence-corrected chi connectivity index (χ0v) is 8.72. The van der Waals surface area contributed by atoms with E-state index < -0.39 is 5.97 Å². The molecule has 15 heavy (non-hydrogen) atoms. The van der Waals surface area contributed by atoms with Crippen LogP contribution in [0.5, 0.6) is 0 Å². The maximum atomic E-state index is 10.6. The van der Waals surface area contributed by atoms with E-state index in [1.54, 1.807) is 0 Å². The summed E-state index contributed by atoms with van der Waals surface area (Å²) >= 11 is 0.